The Morgan fingerprint density at radius 1 is 0.969 bits per heavy atom. The third kappa shape index (κ3) is 6.15. The molecule has 0 fully saturated rings. The number of ether oxygens (including phenoxy) is 2. The van der Waals surface area contributed by atoms with Gasteiger partial charge in [0.1, 0.15) is 11.5 Å². The van der Waals surface area contributed by atoms with Crippen LogP contribution in [-0.4, -0.2) is 27.5 Å². The van der Waals surface area contributed by atoms with Crippen molar-refractivity contribution in [3.05, 3.63) is 77.8 Å². The third-order valence-electron chi connectivity index (χ3n) is 4.49. The van der Waals surface area contributed by atoms with Gasteiger partial charge < -0.3 is 14.8 Å². The lowest BCUT2D eigenvalue weighted by molar-refractivity contribution is -0.122. The summed E-state index contributed by atoms with van der Waals surface area (Å²) in [6, 6.07) is 19.3. The molecule has 1 amide bonds. The largest absolute Gasteiger partial charge is 0.497 e. The number of nitrogens with one attached hydrogen (secondary N) is 2. The number of hydrogen-bond acceptors (Lipinski definition) is 5. The third-order valence-corrected chi connectivity index (χ3v) is 6.12. The molecule has 0 bridgehead atoms. The molecule has 0 saturated carbocycles. The minimum absolute atomic E-state index is 0.0511. The van der Waals surface area contributed by atoms with Gasteiger partial charge in [0.05, 0.1) is 17.7 Å². The topological polar surface area (TPSA) is 93.7 Å². The van der Waals surface area contributed by atoms with E-state index in [1.165, 1.54) is 30.3 Å². The molecule has 168 valence electrons. The van der Waals surface area contributed by atoms with Crippen LogP contribution in [0.1, 0.15) is 13.3 Å². The molecule has 0 heterocycles. The molecule has 0 aliphatic heterocycles. The second kappa shape index (κ2) is 10.4. The lowest BCUT2D eigenvalue weighted by Gasteiger charge is -2.18. The summed E-state index contributed by atoms with van der Waals surface area (Å²) >= 11 is 5.90. The summed E-state index contributed by atoms with van der Waals surface area (Å²) in [4.78, 5) is 12.7. The SMILES string of the molecule is CCC(Oc1cccc(OC)c1)C(=O)Nc1ccc(S(=O)(=O)Nc2cccc(Cl)c2)cc1. The molecule has 0 aliphatic carbocycles. The maximum Gasteiger partial charge on any atom is 0.265 e. The standard InChI is InChI=1S/C23H23ClN2O5S/c1-3-22(31-20-9-5-8-19(15-20)30-2)23(27)25-17-10-12-21(13-11-17)32(28,29)26-18-7-4-6-16(24)14-18/h4-15,22,26H,3H2,1-2H3,(H,25,27). The van der Waals surface area contributed by atoms with Crippen molar-refractivity contribution in [3.63, 3.8) is 0 Å². The Bertz CT molecular complexity index is 1180. The number of methoxy groups -OCH3 is 1. The minimum Gasteiger partial charge on any atom is -0.497 e. The molecule has 3 aromatic rings. The van der Waals surface area contributed by atoms with E-state index in [9.17, 15) is 13.2 Å². The molecule has 0 spiro atoms. The van der Waals surface area contributed by atoms with Crippen molar-refractivity contribution in [3.8, 4) is 11.5 Å². The van der Waals surface area contributed by atoms with E-state index < -0.39 is 16.1 Å². The Morgan fingerprint density at radius 3 is 2.31 bits per heavy atom. The number of carbonyl (C=O) groups is 1. The van der Waals surface area contributed by atoms with Crippen molar-refractivity contribution < 1.29 is 22.7 Å². The van der Waals surface area contributed by atoms with Crippen LogP contribution in [0.4, 0.5) is 11.4 Å². The quantitative estimate of drug-likeness (QED) is 0.458. The van der Waals surface area contributed by atoms with Gasteiger partial charge in [0.25, 0.3) is 15.9 Å². The molecule has 3 rings (SSSR count). The Morgan fingerprint density at radius 2 is 1.66 bits per heavy atom. The van der Waals surface area contributed by atoms with Crippen LogP contribution in [0.2, 0.25) is 5.02 Å². The fourth-order valence-electron chi connectivity index (χ4n) is 2.87. The number of anilines is 2. The van der Waals surface area contributed by atoms with E-state index in [0.717, 1.165) is 0 Å². The Balaban J connectivity index is 1.66. The number of sulfonamides is 1. The molecule has 1 unspecified atom stereocenters. The maximum absolute atomic E-state index is 12.6. The number of hydrogen-bond donors (Lipinski definition) is 2. The molecule has 3 aromatic carbocycles. The highest BCUT2D eigenvalue weighted by atomic mass is 35.5. The maximum atomic E-state index is 12.6. The van der Waals surface area contributed by atoms with Crippen LogP contribution in [0.3, 0.4) is 0 Å². The second-order valence-corrected chi connectivity index (χ2v) is 8.94. The predicted molar refractivity (Wildman–Crippen MR) is 125 cm³/mol. The zero-order valence-corrected chi connectivity index (χ0v) is 19.1. The molecular weight excluding hydrogens is 452 g/mol. The van der Waals surface area contributed by atoms with Gasteiger partial charge in [-0.15, -0.1) is 0 Å². The van der Waals surface area contributed by atoms with Crippen LogP contribution >= 0.6 is 11.6 Å². The molecule has 0 radical (unpaired) electrons. The van der Waals surface area contributed by atoms with E-state index in [1.54, 1.807) is 49.6 Å². The van der Waals surface area contributed by atoms with Gasteiger partial charge in [-0.05, 0) is 61.0 Å². The molecule has 0 aromatic heterocycles. The zero-order valence-electron chi connectivity index (χ0n) is 17.5. The predicted octanol–water partition coefficient (Wildman–Crippen LogP) is 4.95. The van der Waals surface area contributed by atoms with Gasteiger partial charge in [0.15, 0.2) is 6.10 Å². The molecule has 2 N–H and O–H groups in total. The molecule has 1 atom stereocenters. The monoisotopic (exact) mass is 474 g/mol. The highest BCUT2D eigenvalue weighted by Crippen LogP contribution is 2.23. The van der Waals surface area contributed by atoms with E-state index in [1.807, 2.05) is 6.92 Å². The molecular formula is C23H23ClN2O5S. The van der Waals surface area contributed by atoms with Crippen molar-refractivity contribution in [1.82, 2.24) is 0 Å². The van der Waals surface area contributed by atoms with Crippen LogP contribution in [-0.2, 0) is 14.8 Å². The Labute approximate surface area is 192 Å². The highest BCUT2D eigenvalue weighted by Gasteiger charge is 2.20. The zero-order chi connectivity index (χ0) is 23.1. The summed E-state index contributed by atoms with van der Waals surface area (Å²) in [5, 5.41) is 3.17. The number of benzene rings is 3. The van der Waals surface area contributed by atoms with E-state index in [-0.39, 0.29) is 10.8 Å². The summed E-state index contributed by atoms with van der Waals surface area (Å²) in [6.07, 6.45) is -0.283. The van der Waals surface area contributed by atoms with Crippen molar-refractivity contribution in [2.45, 2.75) is 24.3 Å². The van der Waals surface area contributed by atoms with Crippen LogP contribution in [0.15, 0.2) is 77.7 Å². The number of carbonyl (C=O) groups excluding carboxylic acids is 1. The van der Waals surface area contributed by atoms with Gasteiger partial charge in [0.2, 0.25) is 0 Å². The second-order valence-electron chi connectivity index (χ2n) is 6.82. The van der Waals surface area contributed by atoms with E-state index >= 15 is 0 Å². The average Bonchev–Trinajstić information content (AvgIpc) is 2.77. The summed E-state index contributed by atoms with van der Waals surface area (Å²) in [6.45, 7) is 1.83. The Kier molecular flexibility index (Phi) is 7.61. The summed E-state index contributed by atoms with van der Waals surface area (Å²) in [5.74, 6) is 0.795. The van der Waals surface area contributed by atoms with E-state index in [4.69, 9.17) is 21.1 Å². The number of rotatable bonds is 9. The molecule has 0 saturated heterocycles. The van der Waals surface area contributed by atoms with Crippen LogP contribution in [0, 0.1) is 0 Å². The molecule has 0 aliphatic rings. The summed E-state index contributed by atoms with van der Waals surface area (Å²) in [5.41, 5.74) is 0.805. The van der Waals surface area contributed by atoms with E-state index in [2.05, 4.69) is 10.0 Å². The fraction of sp³-hybridized carbons (Fsp3) is 0.174. The molecule has 9 heteroatoms. The number of halogens is 1. The lowest BCUT2D eigenvalue weighted by atomic mass is 10.2. The summed E-state index contributed by atoms with van der Waals surface area (Å²) in [7, 11) is -2.25. The number of amides is 1. The van der Waals surface area contributed by atoms with Gasteiger partial charge in [-0.2, -0.15) is 0 Å². The van der Waals surface area contributed by atoms with Crippen LogP contribution in [0.25, 0.3) is 0 Å². The first-order valence-corrected chi connectivity index (χ1v) is 11.7. The highest BCUT2D eigenvalue weighted by molar-refractivity contribution is 7.92. The van der Waals surface area contributed by atoms with Gasteiger partial charge in [-0.3, -0.25) is 9.52 Å². The Hall–Kier alpha value is -3.23. The first-order chi connectivity index (χ1) is 15.3. The van der Waals surface area contributed by atoms with Crippen molar-refractivity contribution in [2.24, 2.45) is 0 Å². The van der Waals surface area contributed by atoms with Gasteiger partial charge in [-0.25, -0.2) is 8.42 Å². The van der Waals surface area contributed by atoms with Gasteiger partial charge in [-0.1, -0.05) is 30.7 Å². The molecule has 32 heavy (non-hydrogen) atoms. The van der Waals surface area contributed by atoms with Crippen LogP contribution < -0.4 is 19.5 Å². The normalized spacial score (nSPS) is 12.0. The van der Waals surface area contributed by atoms with E-state index in [0.29, 0.717) is 34.3 Å². The lowest BCUT2D eigenvalue weighted by Crippen LogP contribution is -2.32. The first kappa shape index (κ1) is 23.4. The van der Waals surface area contributed by atoms with Crippen molar-refractivity contribution in [1.29, 1.82) is 0 Å². The summed E-state index contributed by atoms with van der Waals surface area (Å²) < 4.78 is 38.6. The smallest absolute Gasteiger partial charge is 0.265 e. The van der Waals surface area contributed by atoms with Crippen LogP contribution in [0.5, 0.6) is 11.5 Å². The van der Waals surface area contributed by atoms with Crippen molar-refractivity contribution in [2.75, 3.05) is 17.1 Å². The minimum atomic E-state index is -3.80. The molecule has 7 nitrogen and oxygen atoms in total. The van der Waals surface area contributed by atoms with Gasteiger partial charge in [0, 0.05) is 16.8 Å². The van der Waals surface area contributed by atoms with Crippen molar-refractivity contribution >= 4 is 38.9 Å². The average molecular weight is 475 g/mol. The first-order valence-electron chi connectivity index (χ1n) is 9.81. The fourth-order valence-corrected chi connectivity index (χ4v) is 4.11. The van der Waals surface area contributed by atoms with Gasteiger partial charge >= 0.3 is 0 Å².